The number of esters is 1. The van der Waals surface area contributed by atoms with E-state index >= 15 is 0 Å². The van der Waals surface area contributed by atoms with Gasteiger partial charge in [0.2, 0.25) is 0 Å². The highest BCUT2D eigenvalue weighted by atomic mass is 35.5. The molecule has 3 aromatic rings. The molecule has 0 aliphatic carbocycles. The Morgan fingerprint density at radius 3 is 2.73 bits per heavy atom. The van der Waals surface area contributed by atoms with E-state index in [1.54, 1.807) is 10.9 Å². The molecular weight excluding hydrogens is 448 g/mol. The maximum absolute atomic E-state index is 12.4. The number of carbonyl (C=O) groups is 1. The highest BCUT2D eigenvalue weighted by Gasteiger charge is 2.29. The van der Waals surface area contributed by atoms with Gasteiger partial charge in [-0.25, -0.2) is 9.97 Å². The molecule has 2 unspecified atom stereocenters. The van der Waals surface area contributed by atoms with Crippen LogP contribution in [0.15, 0.2) is 41.7 Å². The second-order valence-electron chi connectivity index (χ2n) is 8.27. The Labute approximate surface area is 195 Å². The topological polar surface area (TPSA) is 106 Å². The van der Waals surface area contributed by atoms with Crippen LogP contribution in [0.4, 0.5) is 5.69 Å². The maximum Gasteiger partial charge on any atom is 0.320 e. The first-order valence-electron chi connectivity index (χ1n) is 11.0. The van der Waals surface area contributed by atoms with E-state index in [9.17, 15) is 9.59 Å². The van der Waals surface area contributed by atoms with Crippen LogP contribution in [0.5, 0.6) is 0 Å². The zero-order chi connectivity index (χ0) is 22.8. The van der Waals surface area contributed by atoms with Gasteiger partial charge in [-0.15, -0.1) is 0 Å². The first-order chi connectivity index (χ1) is 16.1. The minimum absolute atomic E-state index is 0.194. The van der Waals surface area contributed by atoms with Crippen LogP contribution in [0.1, 0.15) is 19.1 Å². The number of nitrogens with one attached hydrogen (secondary N) is 1. The molecule has 0 amide bonds. The van der Waals surface area contributed by atoms with Gasteiger partial charge in [0.1, 0.15) is 12.8 Å². The largest absolute Gasteiger partial charge is 0.462 e. The number of hydrogen-bond acceptors (Lipinski definition) is 8. The van der Waals surface area contributed by atoms with Crippen LogP contribution in [0.3, 0.4) is 0 Å². The highest BCUT2D eigenvalue weighted by molar-refractivity contribution is 6.30. The molecule has 4 heterocycles. The molecule has 174 valence electrons. The van der Waals surface area contributed by atoms with Crippen molar-refractivity contribution in [3.8, 4) is 0 Å². The van der Waals surface area contributed by atoms with Gasteiger partial charge in [-0.3, -0.25) is 19.1 Å². The van der Waals surface area contributed by atoms with Gasteiger partial charge >= 0.3 is 5.97 Å². The molecular formula is C22H25ClN6O4. The monoisotopic (exact) mass is 472 g/mol. The van der Waals surface area contributed by atoms with E-state index < -0.39 is 0 Å². The lowest BCUT2D eigenvalue weighted by Crippen LogP contribution is -2.48. The molecule has 2 atom stereocenters. The SMILES string of the molecule is O=C(CN1CCN(c2ccc(Cl)cc2)CC1)OCC1CCC(n2cnc3c(=O)[nH]cnc32)O1. The fourth-order valence-corrected chi connectivity index (χ4v) is 4.44. The number of aromatic nitrogens is 4. The van der Waals surface area contributed by atoms with Crippen molar-refractivity contribution in [2.45, 2.75) is 25.2 Å². The van der Waals surface area contributed by atoms with Crippen molar-refractivity contribution in [3.63, 3.8) is 0 Å². The molecule has 2 fully saturated rings. The summed E-state index contributed by atoms with van der Waals surface area (Å²) in [7, 11) is 0. The molecule has 2 aliphatic rings. The number of carbonyl (C=O) groups excluding carboxylic acids is 1. The zero-order valence-corrected chi connectivity index (χ0v) is 18.8. The van der Waals surface area contributed by atoms with Gasteiger partial charge in [0.05, 0.1) is 25.3 Å². The molecule has 10 nitrogen and oxygen atoms in total. The van der Waals surface area contributed by atoms with Gasteiger partial charge in [0.15, 0.2) is 11.2 Å². The molecule has 1 N–H and O–H groups in total. The van der Waals surface area contributed by atoms with Crippen LogP contribution in [-0.4, -0.2) is 75.8 Å². The molecule has 5 rings (SSSR count). The van der Waals surface area contributed by atoms with Crippen molar-refractivity contribution >= 4 is 34.4 Å². The minimum Gasteiger partial charge on any atom is -0.462 e. The average molecular weight is 473 g/mol. The third-order valence-electron chi connectivity index (χ3n) is 6.11. The number of nitrogens with zero attached hydrogens (tertiary/aromatic N) is 5. The number of ether oxygens (including phenoxy) is 2. The van der Waals surface area contributed by atoms with Crippen LogP contribution < -0.4 is 10.5 Å². The van der Waals surface area contributed by atoms with Crippen LogP contribution in [0, 0.1) is 0 Å². The predicted molar refractivity (Wildman–Crippen MR) is 122 cm³/mol. The summed E-state index contributed by atoms with van der Waals surface area (Å²) in [5.74, 6) is -0.247. The van der Waals surface area contributed by atoms with Gasteiger partial charge in [0.25, 0.3) is 5.56 Å². The van der Waals surface area contributed by atoms with Crippen LogP contribution in [-0.2, 0) is 14.3 Å². The maximum atomic E-state index is 12.4. The third-order valence-corrected chi connectivity index (χ3v) is 6.36. The van der Waals surface area contributed by atoms with Crippen molar-refractivity contribution in [1.29, 1.82) is 0 Å². The molecule has 33 heavy (non-hydrogen) atoms. The first-order valence-corrected chi connectivity index (χ1v) is 11.4. The van der Waals surface area contributed by atoms with Gasteiger partial charge in [-0.05, 0) is 37.1 Å². The standard InChI is InChI=1S/C22H25ClN6O4/c23-15-1-3-16(4-2-15)28-9-7-27(8-10-28)11-19(30)32-12-17-5-6-18(33-17)29-14-26-20-21(29)24-13-25-22(20)31/h1-4,13-14,17-18H,5-12H2,(H,24,25,31). The summed E-state index contributed by atoms with van der Waals surface area (Å²) >= 11 is 5.96. The Kier molecular flexibility index (Phi) is 6.30. The molecule has 1 aromatic carbocycles. The third kappa shape index (κ3) is 4.87. The second kappa shape index (κ2) is 9.50. The fourth-order valence-electron chi connectivity index (χ4n) is 4.32. The summed E-state index contributed by atoms with van der Waals surface area (Å²) in [6.45, 7) is 3.75. The summed E-state index contributed by atoms with van der Waals surface area (Å²) < 4.78 is 13.3. The average Bonchev–Trinajstić information content (AvgIpc) is 3.46. The first kappa shape index (κ1) is 21.9. The zero-order valence-electron chi connectivity index (χ0n) is 18.0. The number of hydrogen-bond donors (Lipinski definition) is 1. The van der Waals surface area contributed by atoms with E-state index in [-0.39, 0.29) is 42.5 Å². The number of halogens is 1. The Morgan fingerprint density at radius 1 is 1.15 bits per heavy atom. The Hall–Kier alpha value is -2.95. The number of anilines is 1. The quantitative estimate of drug-likeness (QED) is 0.541. The molecule has 2 aliphatic heterocycles. The van der Waals surface area contributed by atoms with E-state index in [1.165, 1.54) is 6.33 Å². The van der Waals surface area contributed by atoms with E-state index in [0.717, 1.165) is 49.7 Å². The smallest absolute Gasteiger partial charge is 0.320 e. The van der Waals surface area contributed by atoms with E-state index in [4.69, 9.17) is 21.1 Å². The minimum atomic E-state index is -0.283. The summed E-state index contributed by atoms with van der Waals surface area (Å²) in [4.78, 5) is 39.4. The van der Waals surface area contributed by atoms with Crippen molar-refractivity contribution in [3.05, 3.63) is 52.3 Å². The summed E-state index contributed by atoms with van der Waals surface area (Å²) in [6.07, 6.45) is 3.92. The number of aromatic amines is 1. The van der Waals surface area contributed by atoms with Gasteiger partial charge in [-0.1, -0.05) is 11.6 Å². The molecule has 0 spiro atoms. The van der Waals surface area contributed by atoms with Gasteiger partial charge < -0.3 is 19.4 Å². The number of H-pyrrole nitrogens is 1. The molecule has 2 aromatic heterocycles. The summed E-state index contributed by atoms with van der Waals surface area (Å²) in [5, 5.41) is 0.725. The normalized spacial score (nSPS) is 21.5. The second-order valence-corrected chi connectivity index (χ2v) is 8.70. The fraction of sp³-hybridized carbons (Fsp3) is 0.455. The molecule has 0 saturated carbocycles. The van der Waals surface area contributed by atoms with E-state index in [0.29, 0.717) is 5.65 Å². The van der Waals surface area contributed by atoms with Gasteiger partial charge in [-0.2, -0.15) is 0 Å². The Bertz CT molecular complexity index is 1170. The van der Waals surface area contributed by atoms with E-state index in [1.807, 2.05) is 24.3 Å². The number of benzene rings is 1. The number of fused-ring (bicyclic) bond motifs is 1. The van der Waals surface area contributed by atoms with Crippen LogP contribution in [0.25, 0.3) is 11.2 Å². The molecule has 2 saturated heterocycles. The van der Waals surface area contributed by atoms with Crippen molar-refractivity contribution in [1.82, 2.24) is 24.4 Å². The van der Waals surface area contributed by atoms with Crippen molar-refractivity contribution in [2.24, 2.45) is 0 Å². The lowest BCUT2D eigenvalue weighted by Gasteiger charge is -2.35. The van der Waals surface area contributed by atoms with Gasteiger partial charge in [0, 0.05) is 36.9 Å². The van der Waals surface area contributed by atoms with Crippen LogP contribution >= 0.6 is 11.6 Å². The number of piperazine rings is 1. The predicted octanol–water partition coefficient (Wildman–Crippen LogP) is 1.82. The van der Waals surface area contributed by atoms with Crippen molar-refractivity contribution in [2.75, 3.05) is 44.2 Å². The van der Waals surface area contributed by atoms with Crippen molar-refractivity contribution < 1.29 is 14.3 Å². The molecule has 0 bridgehead atoms. The van der Waals surface area contributed by atoms with E-state index in [2.05, 4.69) is 24.8 Å². The summed E-state index contributed by atoms with van der Waals surface area (Å²) in [6, 6.07) is 7.81. The molecule has 0 radical (unpaired) electrons. The number of rotatable bonds is 6. The Balaban J connectivity index is 1.07. The van der Waals surface area contributed by atoms with Crippen LogP contribution in [0.2, 0.25) is 5.02 Å². The Morgan fingerprint density at radius 2 is 1.94 bits per heavy atom. The lowest BCUT2D eigenvalue weighted by molar-refractivity contribution is -0.149. The molecule has 11 heteroatoms. The lowest BCUT2D eigenvalue weighted by atomic mass is 10.2. The highest BCUT2D eigenvalue weighted by Crippen LogP contribution is 2.30. The summed E-state index contributed by atoms with van der Waals surface area (Å²) in [5.41, 5.74) is 1.63. The number of imidazole rings is 1.